The van der Waals surface area contributed by atoms with Crippen molar-refractivity contribution in [3.63, 3.8) is 0 Å². The Hall–Kier alpha value is -5.19. The first-order valence-electron chi connectivity index (χ1n) is 14.7. The van der Waals surface area contributed by atoms with Crippen LogP contribution in [0, 0.1) is 0 Å². The molecular formula is C38H33N2O4P. The minimum absolute atomic E-state index is 0.194. The van der Waals surface area contributed by atoms with Crippen LogP contribution >= 0.6 is 7.14 Å². The summed E-state index contributed by atoms with van der Waals surface area (Å²) in [5.41, 5.74) is 7.45. The molecule has 0 atom stereocenters. The van der Waals surface area contributed by atoms with Gasteiger partial charge in [0.05, 0.1) is 16.6 Å². The summed E-state index contributed by atoms with van der Waals surface area (Å²) in [6.07, 6.45) is 2.01. The topological polar surface area (TPSA) is 88.4 Å². The Balaban J connectivity index is 1.39. The number of carbonyl (C=O) groups is 2. The lowest BCUT2D eigenvalue weighted by Crippen LogP contribution is -2.23. The number of aromatic carboxylic acids is 1. The Morgan fingerprint density at radius 1 is 0.711 bits per heavy atom. The Morgan fingerprint density at radius 2 is 1.40 bits per heavy atom. The molecule has 7 heteroatoms. The minimum atomic E-state index is -2.48. The number of benzene rings is 5. The highest BCUT2D eigenvalue weighted by Crippen LogP contribution is 2.37. The van der Waals surface area contributed by atoms with E-state index in [1.807, 2.05) is 60.8 Å². The number of nitrogens with one attached hydrogen (secondary N) is 1. The molecule has 0 aliphatic heterocycles. The number of hydrogen-bond donors (Lipinski definition) is 2. The first kappa shape index (κ1) is 29.9. The molecule has 0 saturated carbocycles. The highest BCUT2D eigenvalue weighted by atomic mass is 31.2. The number of carbonyl (C=O) groups excluding carboxylic acids is 1. The van der Waals surface area contributed by atoms with E-state index in [-0.39, 0.29) is 18.0 Å². The molecule has 0 aliphatic carbocycles. The van der Waals surface area contributed by atoms with Crippen molar-refractivity contribution in [2.24, 2.45) is 0 Å². The Bertz CT molecular complexity index is 2080. The van der Waals surface area contributed by atoms with Crippen molar-refractivity contribution >= 4 is 35.2 Å². The predicted molar refractivity (Wildman–Crippen MR) is 182 cm³/mol. The zero-order valence-electron chi connectivity index (χ0n) is 25.1. The van der Waals surface area contributed by atoms with E-state index >= 15 is 0 Å². The summed E-state index contributed by atoms with van der Waals surface area (Å²) in [5, 5.41) is 14.0. The fourth-order valence-corrected chi connectivity index (χ4v) is 6.46. The molecular weight excluding hydrogens is 579 g/mol. The second-order valence-corrected chi connectivity index (χ2v) is 14.8. The number of rotatable bonds is 9. The zero-order chi connectivity index (χ0) is 31.6. The number of fused-ring (bicyclic) bond motifs is 1. The maximum atomic E-state index is 13.9. The molecule has 1 heterocycles. The molecule has 0 bridgehead atoms. The molecule has 5 aromatic carbocycles. The molecule has 224 valence electrons. The third kappa shape index (κ3) is 6.67. The van der Waals surface area contributed by atoms with Gasteiger partial charge in [-0.3, -0.25) is 4.79 Å². The first-order valence-corrected chi connectivity index (χ1v) is 17.3. The molecule has 6 aromatic rings. The third-order valence-corrected chi connectivity index (χ3v) is 9.47. The summed E-state index contributed by atoms with van der Waals surface area (Å²) in [6, 6.07) is 38.8. The summed E-state index contributed by atoms with van der Waals surface area (Å²) in [7, 11) is -2.48. The number of aromatic nitrogens is 1. The number of carboxylic acids is 1. The predicted octanol–water partition coefficient (Wildman–Crippen LogP) is 7.90. The van der Waals surface area contributed by atoms with Crippen molar-refractivity contribution < 1.29 is 19.3 Å². The quantitative estimate of drug-likeness (QED) is 0.163. The monoisotopic (exact) mass is 612 g/mol. The normalized spacial score (nSPS) is 11.4. The number of nitrogens with zero attached hydrogens (tertiary/aromatic N) is 1. The van der Waals surface area contributed by atoms with Gasteiger partial charge in [-0.25, -0.2) is 4.79 Å². The number of carboxylic acid groups (broad SMARTS) is 1. The number of hydrogen-bond acceptors (Lipinski definition) is 3. The van der Waals surface area contributed by atoms with E-state index in [1.165, 1.54) is 12.1 Å². The van der Waals surface area contributed by atoms with Gasteiger partial charge >= 0.3 is 5.97 Å². The summed E-state index contributed by atoms with van der Waals surface area (Å²) < 4.78 is 15.0. The average Bonchev–Trinajstić information content (AvgIpc) is 3.46. The van der Waals surface area contributed by atoms with Gasteiger partial charge < -0.3 is 19.6 Å². The molecule has 0 unspecified atom stereocenters. The van der Waals surface area contributed by atoms with Crippen LogP contribution in [0.2, 0.25) is 0 Å². The van der Waals surface area contributed by atoms with Gasteiger partial charge in [-0.15, -0.1) is 0 Å². The van der Waals surface area contributed by atoms with E-state index < -0.39 is 13.1 Å². The molecule has 1 aromatic heterocycles. The Labute approximate surface area is 262 Å². The highest BCUT2D eigenvalue weighted by molar-refractivity contribution is 7.70. The zero-order valence-corrected chi connectivity index (χ0v) is 26.0. The molecule has 0 aliphatic rings. The van der Waals surface area contributed by atoms with Gasteiger partial charge in [-0.05, 0) is 89.2 Å². The van der Waals surface area contributed by atoms with E-state index in [0.717, 1.165) is 49.6 Å². The van der Waals surface area contributed by atoms with Crippen LogP contribution in [0.25, 0.3) is 33.2 Å². The van der Waals surface area contributed by atoms with Crippen LogP contribution in [-0.4, -0.2) is 34.9 Å². The van der Waals surface area contributed by atoms with Crippen molar-refractivity contribution in [3.8, 4) is 22.3 Å². The van der Waals surface area contributed by atoms with Crippen molar-refractivity contribution in [2.45, 2.75) is 13.1 Å². The fourth-order valence-electron chi connectivity index (χ4n) is 5.56. The van der Waals surface area contributed by atoms with Crippen molar-refractivity contribution in [3.05, 3.63) is 150 Å². The van der Waals surface area contributed by atoms with Gasteiger partial charge in [-0.1, -0.05) is 78.9 Å². The average molecular weight is 613 g/mol. The van der Waals surface area contributed by atoms with Crippen molar-refractivity contribution in [1.82, 2.24) is 9.88 Å². The lowest BCUT2D eigenvalue weighted by Gasteiger charge is -2.15. The largest absolute Gasteiger partial charge is 0.478 e. The lowest BCUT2D eigenvalue weighted by atomic mass is 9.99. The van der Waals surface area contributed by atoms with E-state index in [0.29, 0.717) is 12.1 Å². The molecule has 45 heavy (non-hydrogen) atoms. The van der Waals surface area contributed by atoms with Crippen LogP contribution < -0.4 is 10.6 Å². The van der Waals surface area contributed by atoms with Gasteiger partial charge in [0.2, 0.25) is 0 Å². The molecule has 0 saturated heterocycles. The molecule has 6 nitrogen and oxygen atoms in total. The Morgan fingerprint density at radius 3 is 2.11 bits per heavy atom. The van der Waals surface area contributed by atoms with Gasteiger partial charge in [0.1, 0.15) is 7.14 Å². The molecule has 1 amide bonds. The summed E-state index contributed by atoms with van der Waals surface area (Å²) >= 11 is 0. The van der Waals surface area contributed by atoms with Gasteiger partial charge in [-0.2, -0.15) is 0 Å². The van der Waals surface area contributed by atoms with E-state index in [1.54, 1.807) is 25.5 Å². The van der Waals surface area contributed by atoms with Crippen LogP contribution in [0.3, 0.4) is 0 Å². The SMILES string of the molecule is CP(C)(=O)c1cccc(-c2cc(C(=O)NCc3ccc(C(=O)O)cc3)c3c(ccn3Cc3cccc(-c4ccccc4)c3)c2)c1. The highest BCUT2D eigenvalue weighted by Gasteiger charge is 2.18. The van der Waals surface area contributed by atoms with Crippen LogP contribution in [0.4, 0.5) is 0 Å². The van der Waals surface area contributed by atoms with Gasteiger partial charge in [0.15, 0.2) is 0 Å². The first-order chi connectivity index (χ1) is 21.7. The Kier molecular flexibility index (Phi) is 8.25. The standard InChI is InChI=1S/C38H33N2O4P/c1-45(2,44)34-13-7-12-31(22-34)33-21-32-18-19-40(25-27-8-6-11-30(20-27)28-9-4-3-5-10-28)36(32)35(23-33)37(41)39-24-26-14-16-29(17-15-26)38(42)43/h3-23H,24-25H2,1-2H3,(H,39,41)(H,42,43). The smallest absolute Gasteiger partial charge is 0.335 e. The van der Waals surface area contributed by atoms with Gasteiger partial charge in [0, 0.05) is 30.0 Å². The van der Waals surface area contributed by atoms with Crippen LogP contribution in [-0.2, 0) is 17.7 Å². The van der Waals surface area contributed by atoms with Crippen LogP contribution in [0.1, 0.15) is 31.8 Å². The molecule has 0 radical (unpaired) electrons. The molecule has 6 rings (SSSR count). The van der Waals surface area contributed by atoms with E-state index in [4.69, 9.17) is 0 Å². The minimum Gasteiger partial charge on any atom is -0.478 e. The fraction of sp³-hybridized carbons (Fsp3) is 0.105. The molecule has 2 N–H and O–H groups in total. The molecule has 0 fully saturated rings. The van der Waals surface area contributed by atoms with E-state index in [9.17, 15) is 19.3 Å². The molecule has 0 spiro atoms. The second kappa shape index (κ2) is 12.4. The summed E-state index contributed by atoms with van der Waals surface area (Å²) in [4.78, 5) is 25.1. The van der Waals surface area contributed by atoms with Crippen LogP contribution in [0.5, 0.6) is 0 Å². The summed E-state index contributed by atoms with van der Waals surface area (Å²) in [5.74, 6) is -1.23. The summed E-state index contributed by atoms with van der Waals surface area (Å²) in [6.45, 7) is 4.33. The van der Waals surface area contributed by atoms with E-state index in [2.05, 4.69) is 52.3 Å². The van der Waals surface area contributed by atoms with Crippen molar-refractivity contribution in [2.75, 3.05) is 13.3 Å². The maximum Gasteiger partial charge on any atom is 0.335 e. The van der Waals surface area contributed by atoms with Gasteiger partial charge in [0.25, 0.3) is 5.91 Å². The lowest BCUT2D eigenvalue weighted by molar-refractivity contribution is 0.0696. The third-order valence-electron chi connectivity index (χ3n) is 7.95. The maximum absolute atomic E-state index is 13.9. The second-order valence-electron chi connectivity index (χ2n) is 11.6. The van der Waals surface area contributed by atoms with Crippen molar-refractivity contribution in [1.29, 1.82) is 0 Å². The van der Waals surface area contributed by atoms with Crippen LogP contribution in [0.15, 0.2) is 128 Å². The number of amides is 1.